The molecule has 0 aliphatic heterocycles. The summed E-state index contributed by atoms with van der Waals surface area (Å²) in [4.78, 5) is 0. The van der Waals surface area contributed by atoms with Crippen molar-refractivity contribution in [3.63, 3.8) is 0 Å². The van der Waals surface area contributed by atoms with Crippen LogP contribution in [0.15, 0.2) is 30.3 Å². The smallest absolute Gasteiger partial charge is 0.130 e. The maximum atomic E-state index is 9.66. The summed E-state index contributed by atoms with van der Waals surface area (Å²) in [6.07, 6.45) is 4.57. The molecule has 0 spiro atoms. The molecule has 0 radical (unpaired) electrons. The minimum absolute atomic E-state index is 0.662. The van der Waals surface area contributed by atoms with Gasteiger partial charge in [0, 0.05) is 5.56 Å². The van der Waals surface area contributed by atoms with Crippen molar-refractivity contribution >= 4 is 0 Å². The average molecular weight is 323 g/mol. The van der Waals surface area contributed by atoms with E-state index in [-0.39, 0.29) is 0 Å². The van der Waals surface area contributed by atoms with E-state index in [2.05, 4.69) is 26.0 Å². The second-order valence-corrected chi connectivity index (χ2v) is 5.93. The van der Waals surface area contributed by atoms with Crippen molar-refractivity contribution in [1.29, 1.82) is 5.26 Å². The van der Waals surface area contributed by atoms with Gasteiger partial charge >= 0.3 is 0 Å². The molecular weight excluding hydrogens is 298 g/mol. The number of aryl methyl sites for hydroxylation is 2. The standard InChI is InChI=1S/C21H25NO2/c1-5-6-7-9-16-13-17(14-22)18(12-15(16)2)21-19(23-3)10-8-11-20(21)24-4/h8,10-13H,5-7,9H2,1-4H3. The summed E-state index contributed by atoms with van der Waals surface area (Å²) < 4.78 is 11.0. The van der Waals surface area contributed by atoms with E-state index < -0.39 is 0 Å². The maximum Gasteiger partial charge on any atom is 0.130 e. The molecule has 3 nitrogen and oxygen atoms in total. The van der Waals surface area contributed by atoms with E-state index in [1.54, 1.807) is 14.2 Å². The Kier molecular flexibility index (Phi) is 6.26. The first-order chi connectivity index (χ1) is 11.7. The number of unbranched alkanes of at least 4 members (excludes halogenated alkanes) is 2. The van der Waals surface area contributed by atoms with Crippen LogP contribution in [0.3, 0.4) is 0 Å². The highest BCUT2D eigenvalue weighted by molar-refractivity contribution is 5.81. The van der Waals surface area contributed by atoms with Crippen molar-refractivity contribution in [1.82, 2.24) is 0 Å². The highest BCUT2D eigenvalue weighted by atomic mass is 16.5. The molecule has 126 valence electrons. The molecule has 3 heteroatoms. The van der Waals surface area contributed by atoms with Gasteiger partial charge in [0.2, 0.25) is 0 Å². The zero-order chi connectivity index (χ0) is 17.5. The molecule has 0 atom stereocenters. The van der Waals surface area contributed by atoms with Gasteiger partial charge in [-0.05, 0) is 55.2 Å². The summed E-state index contributed by atoms with van der Waals surface area (Å²) in [5.41, 5.74) is 4.81. The van der Waals surface area contributed by atoms with E-state index in [4.69, 9.17) is 9.47 Å². The molecule has 0 aliphatic rings. The van der Waals surface area contributed by atoms with Crippen LogP contribution in [0.4, 0.5) is 0 Å². The molecule has 0 fully saturated rings. The molecule has 2 rings (SSSR count). The first kappa shape index (κ1) is 17.9. The molecule has 0 heterocycles. The Balaban J connectivity index is 2.56. The third-order valence-electron chi connectivity index (χ3n) is 4.34. The number of nitriles is 1. The summed E-state index contributed by atoms with van der Waals surface area (Å²) >= 11 is 0. The predicted octanol–water partition coefficient (Wildman–Crippen LogP) is 5.28. The van der Waals surface area contributed by atoms with E-state index in [9.17, 15) is 5.26 Å². The van der Waals surface area contributed by atoms with Crippen LogP contribution in [0.25, 0.3) is 11.1 Å². The van der Waals surface area contributed by atoms with Crippen LogP contribution >= 0.6 is 0 Å². The Labute approximate surface area is 144 Å². The normalized spacial score (nSPS) is 10.3. The molecule has 2 aromatic carbocycles. The van der Waals surface area contributed by atoms with E-state index in [0.717, 1.165) is 24.0 Å². The Morgan fingerprint density at radius 2 is 1.71 bits per heavy atom. The van der Waals surface area contributed by atoms with Gasteiger partial charge in [-0.2, -0.15) is 5.26 Å². The van der Waals surface area contributed by atoms with Crippen molar-refractivity contribution in [2.75, 3.05) is 14.2 Å². The lowest BCUT2D eigenvalue weighted by molar-refractivity contribution is 0.397. The van der Waals surface area contributed by atoms with Gasteiger partial charge in [0.25, 0.3) is 0 Å². The Bertz CT molecular complexity index is 722. The largest absolute Gasteiger partial charge is 0.496 e. The fourth-order valence-corrected chi connectivity index (χ4v) is 3.00. The van der Waals surface area contributed by atoms with E-state index >= 15 is 0 Å². The number of methoxy groups -OCH3 is 2. The van der Waals surface area contributed by atoms with Crippen molar-refractivity contribution < 1.29 is 9.47 Å². The number of rotatable bonds is 7. The fraction of sp³-hybridized carbons (Fsp3) is 0.381. The second kappa shape index (κ2) is 8.40. The summed E-state index contributed by atoms with van der Waals surface area (Å²) in [5.74, 6) is 1.42. The maximum absolute atomic E-state index is 9.66. The Hall–Kier alpha value is -2.47. The molecule has 0 aliphatic carbocycles. The van der Waals surface area contributed by atoms with Crippen molar-refractivity contribution in [3.8, 4) is 28.7 Å². The second-order valence-electron chi connectivity index (χ2n) is 5.93. The Morgan fingerprint density at radius 1 is 1.04 bits per heavy atom. The minimum Gasteiger partial charge on any atom is -0.496 e. The van der Waals surface area contributed by atoms with Gasteiger partial charge in [0.05, 0.1) is 31.4 Å². The summed E-state index contributed by atoms with van der Waals surface area (Å²) in [6.45, 7) is 4.30. The molecule has 2 aromatic rings. The molecule has 0 amide bonds. The summed E-state index contributed by atoms with van der Waals surface area (Å²) in [7, 11) is 3.27. The van der Waals surface area contributed by atoms with Crippen molar-refractivity contribution in [3.05, 3.63) is 47.0 Å². The van der Waals surface area contributed by atoms with Gasteiger partial charge in [0.1, 0.15) is 11.5 Å². The van der Waals surface area contributed by atoms with E-state index in [0.29, 0.717) is 17.1 Å². The highest BCUT2D eigenvalue weighted by Gasteiger charge is 2.17. The molecule has 0 N–H and O–H groups in total. The first-order valence-electron chi connectivity index (χ1n) is 8.41. The number of benzene rings is 2. The molecule has 24 heavy (non-hydrogen) atoms. The summed E-state index contributed by atoms with van der Waals surface area (Å²) in [6, 6.07) is 12.1. The molecule has 0 saturated heterocycles. The molecule has 0 saturated carbocycles. The van der Waals surface area contributed by atoms with Crippen molar-refractivity contribution in [2.24, 2.45) is 0 Å². The van der Waals surface area contributed by atoms with Crippen LogP contribution in [-0.2, 0) is 6.42 Å². The molecule has 0 bridgehead atoms. The monoisotopic (exact) mass is 323 g/mol. The van der Waals surface area contributed by atoms with Gasteiger partial charge in [-0.1, -0.05) is 25.8 Å². The van der Waals surface area contributed by atoms with Crippen LogP contribution in [0, 0.1) is 18.3 Å². The SMILES string of the molecule is CCCCCc1cc(C#N)c(-c2c(OC)cccc2OC)cc1C. The number of hydrogen-bond acceptors (Lipinski definition) is 3. The average Bonchev–Trinajstić information content (AvgIpc) is 2.62. The van der Waals surface area contributed by atoms with Crippen LogP contribution in [-0.4, -0.2) is 14.2 Å². The van der Waals surface area contributed by atoms with E-state index in [1.165, 1.54) is 24.0 Å². The van der Waals surface area contributed by atoms with Crippen LogP contribution in [0.1, 0.15) is 42.9 Å². The summed E-state index contributed by atoms with van der Waals surface area (Å²) in [5, 5.41) is 9.66. The van der Waals surface area contributed by atoms with Gasteiger partial charge < -0.3 is 9.47 Å². The third-order valence-corrected chi connectivity index (χ3v) is 4.34. The first-order valence-corrected chi connectivity index (χ1v) is 8.41. The van der Waals surface area contributed by atoms with Gasteiger partial charge in [-0.25, -0.2) is 0 Å². The lowest BCUT2D eigenvalue weighted by atomic mass is 9.91. The predicted molar refractivity (Wildman–Crippen MR) is 97.7 cm³/mol. The fourth-order valence-electron chi connectivity index (χ4n) is 3.00. The molecule has 0 unspecified atom stereocenters. The van der Waals surface area contributed by atoms with Gasteiger partial charge in [-0.15, -0.1) is 0 Å². The van der Waals surface area contributed by atoms with Crippen molar-refractivity contribution in [2.45, 2.75) is 39.5 Å². The van der Waals surface area contributed by atoms with Gasteiger partial charge in [0.15, 0.2) is 0 Å². The number of hydrogen-bond donors (Lipinski definition) is 0. The topological polar surface area (TPSA) is 42.2 Å². The molecular formula is C21H25NO2. The molecule has 0 aromatic heterocycles. The van der Waals surface area contributed by atoms with Crippen LogP contribution in [0.5, 0.6) is 11.5 Å². The van der Waals surface area contributed by atoms with Crippen LogP contribution < -0.4 is 9.47 Å². The number of ether oxygens (including phenoxy) is 2. The van der Waals surface area contributed by atoms with Gasteiger partial charge in [-0.3, -0.25) is 0 Å². The zero-order valence-corrected chi connectivity index (χ0v) is 15.0. The lowest BCUT2D eigenvalue weighted by Gasteiger charge is -2.16. The third kappa shape index (κ3) is 3.71. The number of nitrogens with zero attached hydrogens (tertiary/aromatic N) is 1. The zero-order valence-electron chi connectivity index (χ0n) is 15.0. The lowest BCUT2D eigenvalue weighted by Crippen LogP contribution is -1.98. The van der Waals surface area contributed by atoms with Crippen LogP contribution in [0.2, 0.25) is 0 Å². The highest BCUT2D eigenvalue weighted by Crippen LogP contribution is 2.40. The van der Waals surface area contributed by atoms with E-state index in [1.807, 2.05) is 24.3 Å². The Morgan fingerprint density at radius 3 is 2.25 bits per heavy atom. The quantitative estimate of drug-likeness (QED) is 0.651. The minimum atomic E-state index is 0.662.